The molecule has 1 N–H and O–H groups in total. The van der Waals surface area contributed by atoms with Crippen LogP contribution in [0.2, 0.25) is 0 Å². The Bertz CT molecular complexity index is 529. The van der Waals surface area contributed by atoms with E-state index in [1.807, 2.05) is 14.0 Å². The lowest BCUT2D eigenvalue weighted by Crippen LogP contribution is -2.19. The van der Waals surface area contributed by atoms with Crippen LogP contribution in [0.1, 0.15) is 16.1 Å². The predicted octanol–water partition coefficient (Wildman–Crippen LogP) is 0.636. The summed E-state index contributed by atoms with van der Waals surface area (Å²) >= 11 is 0. The minimum absolute atomic E-state index is 0.179. The molecule has 0 saturated carbocycles. The molecule has 2 rings (SSSR count). The van der Waals surface area contributed by atoms with Gasteiger partial charge in [0.15, 0.2) is 5.65 Å². The van der Waals surface area contributed by atoms with Crippen LogP contribution in [0.25, 0.3) is 11.0 Å². The molecular formula is C10H12N4O. The first-order valence-electron chi connectivity index (χ1n) is 4.65. The van der Waals surface area contributed by atoms with Gasteiger partial charge in [0.25, 0.3) is 5.91 Å². The molecule has 78 valence electrons. The Kier molecular flexibility index (Phi) is 2.15. The zero-order chi connectivity index (χ0) is 11.0. The third-order valence-corrected chi connectivity index (χ3v) is 2.37. The Morgan fingerprint density at radius 1 is 1.53 bits per heavy atom. The normalized spacial score (nSPS) is 10.6. The molecule has 0 aromatic carbocycles. The number of aromatic nitrogens is 3. The molecule has 0 spiro atoms. The Hall–Kier alpha value is -1.91. The van der Waals surface area contributed by atoms with Crippen molar-refractivity contribution >= 4 is 16.9 Å². The van der Waals surface area contributed by atoms with E-state index in [9.17, 15) is 4.79 Å². The van der Waals surface area contributed by atoms with Crippen molar-refractivity contribution in [1.29, 1.82) is 0 Å². The lowest BCUT2D eigenvalue weighted by Gasteiger charge is -2.02. The molecule has 0 aliphatic rings. The molecule has 0 aliphatic carbocycles. The summed E-state index contributed by atoms with van der Waals surface area (Å²) in [7, 11) is 3.40. The van der Waals surface area contributed by atoms with Crippen LogP contribution in [0, 0.1) is 6.92 Å². The van der Waals surface area contributed by atoms with Gasteiger partial charge in [-0.3, -0.25) is 9.48 Å². The smallest absolute Gasteiger partial charge is 0.269 e. The molecule has 15 heavy (non-hydrogen) atoms. The lowest BCUT2D eigenvalue weighted by molar-refractivity contribution is 0.0958. The van der Waals surface area contributed by atoms with E-state index in [-0.39, 0.29) is 5.91 Å². The highest BCUT2D eigenvalue weighted by Gasteiger charge is 2.10. The molecule has 0 aliphatic heterocycles. The monoisotopic (exact) mass is 204 g/mol. The minimum atomic E-state index is -0.179. The van der Waals surface area contributed by atoms with Crippen molar-refractivity contribution in [1.82, 2.24) is 20.1 Å². The number of pyridine rings is 1. The number of nitrogens with one attached hydrogen (secondary N) is 1. The van der Waals surface area contributed by atoms with E-state index >= 15 is 0 Å². The number of carbonyl (C=O) groups is 1. The van der Waals surface area contributed by atoms with Gasteiger partial charge >= 0.3 is 0 Å². The first kappa shape index (κ1) is 9.64. The maximum Gasteiger partial charge on any atom is 0.269 e. The molecule has 1 amide bonds. The van der Waals surface area contributed by atoms with Gasteiger partial charge in [-0.15, -0.1) is 0 Å². The molecule has 0 unspecified atom stereocenters. The molecule has 0 atom stereocenters. The maximum atomic E-state index is 11.4. The van der Waals surface area contributed by atoms with Crippen LogP contribution in [0.5, 0.6) is 0 Å². The van der Waals surface area contributed by atoms with Crippen molar-refractivity contribution in [2.75, 3.05) is 7.05 Å². The van der Waals surface area contributed by atoms with Crippen LogP contribution < -0.4 is 5.32 Å². The van der Waals surface area contributed by atoms with Gasteiger partial charge in [-0.2, -0.15) is 5.10 Å². The van der Waals surface area contributed by atoms with Crippen molar-refractivity contribution in [3.63, 3.8) is 0 Å². The fraction of sp³-hybridized carbons (Fsp3) is 0.300. The highest BCUT2D eigenvalue weighted by atomic mass is 16.1. The Morgan fingerprint density at radius 3 is 2.93 bits per heavy atom. The first-order chi connectivity index (χ1) is 7.13. The largest absolute Gasteiger partial charge is 0.354 e. The number of aryl methyl sites for hydroxylation is 2. The number of amides is 1. The summed E-state index contributed by atoms with van der Waals surface area (Å²) in [5, 5.41) is 7.64. The molecular weight excluding hydrogens is 192 g/mol. The van der Waals surface area contributed by atoms with Crippen molar-refractivity contribution in [2.45, 2.75) is 6.92 Å². The molecule has 0 saturated heterocycles. The summed E-state index contributed by atoms with van der Waals surface area (Å²) < 4.78 is 1.66. The molecule has 5 heteroatoms. The number of nitrogens with zero attached hydrogens (tertiary/aromatic N) is 3. The number of fused-ring (bicyclic) bond motifs is 1. The summed E-state index contributed by atoms with van der Waals surface area (Å²) in [6.45, 7) is 1.94. The van der Waals surface area contributed by atoms with Crippen molar-refractivity contribution in [3.05, 3.63) is 23.5 Å². The van der Waals surface area contributed by atoms with E-state index in [1.54, 1.807) is 24.0 Å². The SMILES string of the molecule is CNC(=O)c1cc(C)c2cnn(C)c2n1. The summed E-state index contributed by atoms with van der Waals surface area (Å²) in [5.74, 6) is -0.179. The van der Waals surface area contributed by atoms with E-state index in [2.05, 4.69) is 15.4 Å². The molecule has 0 bridgehead atoms. The van der Waals surface area contributed by atoms with Gasteiger partial charge in [-0.05, 0) is 18.6 Å². The van der Waals surface area contributed by atoms with E-state index in [0.717, 1.165) is 16.6 Å². The highest BCUT2D eigenvalue weighted by molar-refractivity contribution is 5.95. The second-order valence-corrected chi connectivity index (χ2v) is 3.41. The molecule has 0 radical (unpaired) electrons. The number of carbonyl (C=O) groups excluding carboxylic acids is 1. The van der Waals surface area contributed by atoms with Crippen LogP contribution in [0.3, 0.4) is 0 Å². The van der Waals surface area contributed by atoms with Crippen LogP contribution in [-0.2, 0) is 7.05 Å². The summed E-state index contributed by atoms with van der Waals surface area (Å²) in [6.07, 6.45) is 1.76. The van der Waals surface area contributed by atoms with Gasteiger partial charge in [-0.1, -0.05) is 0 Å². The van der Waals surface area contributed by atoms with Crippen LogP contribution >= 0.6 is 0 Å². The van der Waals surface area contributed by atoms with Crippen molar-refractivity contribution in [3.8, 4) is 0 Å². The van der Waals surface area contributed by atoms with Gasteiger partial charge in [-0.25, -0.2) is 4.98 Å². The molecule has 2 aromatic rings. The highest BCUT2D eigenvalue weighted by Crippen LogP contribution is 2.16. The summed E-state index contributed by atoms with van der Waals surface area (Å²) in [6, 6.07) is 1.77. The van der Waals surface area contributed by atoms with Crippen molar-refractivity contribution in [2.24, 2.45) is 7.05 Å². The average molecular weight is 204 g/mol. The second-order valence-electron chi connectivity index (χ2n) is 3.41. The number of rotatable bonds is 1. The maximum absolute atomic E-state index is 11.4. The Morgan fingerprint density at radius 2 is 2.27 bits per heavy atom. The Balaban J connectivity index is 2.70. The van der Waals surface area contributed by atoms with Crippen LogP contribution in [-0.4, -0.2) is 27.7 Å². The Labute approximate surface area is 87.1 Å². The van der Waals surface area contributed by atoms with E-state index in [4.69, 9.17) is 0 Å². The molecule has 2 aromatic heterocycles. The molecule has 5 nitrogen and oxygen atoms in total. The van der Waals surface area contributed by atoms with Gasteiger partial charge in [0, 0.05) is 19.5 Å². The van der Waals surface area contributed by atoms with Crippen LogP contribution in [0.4, 0.5) is 0 Å². The molecule has 0 fully saturated rings. The predicted molar refractivity (Wildman–Crippen MR) is 56.6 cm³/mol. The van der Waals surface area contributed by atoms with Gasteiger partial charge < -0.3 is 5.32 Å². The number of hydrogen-bond donors (Lipinski definition) is 1. The lowest BCUT2D eigenvalue weighted by atomic mass is 10.2. The van der Waals surface area contributed by atoms with Gasteiger partial charge in [0.1, 0.15) is 5.69 Å². The summed E-state index contributed by atoms with van der Waals surface area (Å²) in [5.41, 5.74) is 2.16. The number of hydrogen-bond acceptors (Lipinski definition) is 3. The first-order valence-corrected chi connectivity index (χ1v) is 4.65. The summed E-state index contributed by atoms with van der Waals surface area (Å²) in [4.78, 5) is 15.7. The molecule has 2 heterocycles. The third kappa shape index (κ3) is 1.45. The fourth-order valence-corrected chi connectivity index (χ4v) is 1.52. The van der Waals surface area contributed by atoms with E-state index in [0.29, 0.717) is 5.69 Å². The van der Waals surface area contributed by atoms with E-state index in [1.165, 1.54) is 0 Å². The van der Waals surface area contributed by atoms with Crippen LogP contribution in [0.15, 0.2) is 12.3 Å². The average Bonchev–Trinajstić information content (AvgIpc) is 2.60. The van der Waals surface area contributed by atoms with Crippen molar-refractivity contribution < 1.29 is 4.79 Å². The standard InChI is InChI=1S/C10H12N4O/c1-6-4-8(10(15)11-2)13-9-7(6)5-12-14(9)3/h4-5H,1-3H3,(H,11,15). The zero-order valence-corrected chi connectivity index (χ0v) is 8.90. The quantitative estimate of drug-likeness (QED) is 0.741. The van der Waals surface area contributed by atoms with Gasteiger partial charge in [0.2, 0.25) is 0 Å². The van der Waals surface area contributed by atoms with Gasteiger partial charge in [0.05, 0.1) is 6.20 Å². The topological polar surface area (TPSA) is 59.8 Å². The zero-order valence-electron chi connectivity index (χ0n) is 8.90. The van der Waals surface area contributed by atoms with E-state index < -0.39 is 0 Å². The third-order valence-electron chi connectivity index (χ3n) is 2.37. The minimum Gasteiger partial charge on any atom is -0.354 e. The fourth-order valence-electron chi connectivity index (χ4n) is 1.52. The second kappa shape index (κ2) is 3.34.